The Morgan fingerprint density at radius 2 is 1.84 bits per heavy atom. The molecule has 0 spiro atoms. The van der Waals surface area contributed by atoms with Gasteiger partial charge < -0.3 is 4.98 Å². The fourth-order valence-electron chi connectivity index (χ4n) is 2.14. The first-order valence-corrected chi connectivity index (χ1v) is 6.07. The minimum absolute atomic E-state index is 0.00474. The minimum Gasteiger partial charge on any atom is -0.361 e. The van der Waals surface area contributed by atoms with Gasteiger partial charge in [-0.25, -0.2) is 4.39 Å². The smallest absolute Gasteiger partial charge is 0.167 e. The molecule has 1 heterocycles. The Morgan fingerprint density at radius 3 is 2.63 bits per heavy atom. The highest BCUT2D eigenvalue weighted by Crippen LogP contribution is 2.16. The van der Waals surface area contributed by atoms with Crippen LogP contribution in [0.25, 0.3) is 10.9 Å². The molecule has 3 heteroatoms. The van der Waals surface area contributed by atoms with Crippen molar-refractivity contribution in [1.82, 2.24) is 4.98 Å². The van der Waals surface area contributed by atoms with Crippen molar-refractivity contribution in [3.63, 3.8) is 0 Å². The van der Waals surface area contributed by atoms with Crippen molar-refractivity contribution in [2.45, 2.75) is 6.42 Å². The van der Waals surface area contributed by atoms with E-state index >= 15 is 0 Å². The summed E-state index contributed by atoms with van der Waals surface area (Å²) in [5, 5.41) is 1.09. The molecule has 0 saturated heterocycles. The van der Waals surface area contributed by atoms with E-state index in [2.05, 4.69) is 4.98 Å². The number of aromatic nitrogens is 1. The molecule has 2 nitrogen and oxygen atoms in total. The van der Waals surface area contributed by atoms with Crippen LogP contribution >= 0.6 is 0 Å². The standard InChI is InChI=1S/C16H12FNO/c17-14-4-2-12(3-5-14)16(19)10-11-1-6-15-13(9-11)7-8-18-15/h1-9,18H,10H2. The number of hydrogen-bond acceptors (Lipinski definition) is 1. The number of benzene rings is 2. The van der Waals surface area contributed by atoms with Gasteiger partial charge in [0.15, 0.2) is 5.78 Å². The third-order valence-electron chi connectivity index (χ3n) is 3.15. The molecule has 94 valence electrons. The summed E-state index contributed by atoms with van der Waals surface area (Å²) in [5.74, 6) is -0.333. The third-order valence-corrected chi connectivity index (χ3v) is 3.15. The summed E-state index contributed by atoms with van der Waals surface area (Å²) >= 11 is 0. The molecular weight excluding hydrogens is 241 g/mol. The van der Waals surface area contributed by atoms with Crippen LogP contribution in [0.4, 0.5) is 4.39 Å². The van der Waals surface area contributed by atoms with Crippen molar-refractivity contribution in [3.05, 3.63) is 71.7 Å². The van der Waals surface area contributed by atoms with E-state index in [4.69, 9.17) is 0 Å². The quantitative estimate of drug-likeness (QED) is 0.709. The molecule has 0 atom stereocenters. The summed E-state index contributed by atoms with van der Waals surface area (Å²) in [5.41, 5.74) is 2.55. The Bertz CT molecular complexity index is 728. The fourth-order valence-corrected chi connectivity index (χ4v) is 2.14. The second kappa shape index (κ2) is 4.69. The number of Topliss-reactive ketones (excluding diaryl/α,β-unsaturated/α-hetero) is 1. The van der Waals surface area contributed by atoms with Gasteiger partial charge >= 0.3 is 0 Å². The number of carbonyl (C=O) groups is 1. The second-order valence-corrected chi connectivity index (χ2v) is 4.51. The van der Waals surface area contributed by atoms with Crippen molar-refractivity contribution in [2.75, 3.05) is 0 Å². The highest BCUT2D eigenvalue weighted by molar-refractivity contribution is 5.98. The van der Waals surface area contributed by atoms with Crippen molar-refractivity contribution in [2.24, 2.45) is 0 Å². The number of carbonyl (C=O) groups excluding carboxylic acids is 1. The van der Waals surface area contributed by atoms with E-state index in [0.717, 1.165) is 16.5 Å². The van der Waals surface area contributed by atoms with Crippen LogP contribution in [0.5, 0.6) is 0 Å². The average molecular weight is 253 g/mol. The van der Waals surface area contributed by atoms with Crippen LogP contribution in [0, 0.1) is 5.82 Å². The summed E-state index contributed by atoms with van der Waals surface area (Å²) in [6.07, 6.45) is 2.20. The van der Waals surface area contributed by atoms with Gasteiger partial charge in [-0.2, -0.15) is 0 Å². The highest BCUT2D eigenvalue weighted by Gasteiger charge is 2.07. The van der Waals surface area contributed by atoms with Gasteiger partial charge in [-0.3, -0.25) is 4.79 Å². The average Bonchev–Trinajstić information content (AvgIpc) is 2.87. The number of halogens is 1. The van der Waals surface area contributed by atoms with Gasteiger partial charge in [0.25, 0.3) is 0 Å². The zero-order valence-corrected chi connectivity index (χ0v) is 10.2. The predicted octanol–water partition coefficient (Wildman–Crippen LogP) is 3.73. The first-order valence-electron chi connectivity index (χ1n) is 6.07. The second-order valence-electron chi connectivity index (χ2n) is 4.51. The zero-order valence-electron chi connectivity index (χ0n) is 10.2. The number of fused-ring (bicyclic) bond motifs is 1. The number of rotatable bonds is 3. The molecule has 0 fully saturated rings. The van der Waals surface area contributed by atoms with Gasteiger partial charge in [0.1, 0.15) is 5.82 Å². The SMILES string of the molecule is O=C(Cc1ccc2[nH]ccc2c1)c1ccc(F)cc1. The number of nitrogens with one attached hydrogen (secondary N) is 1. The molecule has 1 aromatic heterocycles. The van der Waals surface area contributed by atoms with Gasteiger partial charge in [0, 0.05) is 23.7 Å². The molecular formula is C16H12FNO. The van der Waals surface area contributed by atoms with Gasteiger partial charge in [-0.05, 0) is 53.4 Å². The Hall–Kier alpha value is -2.42. The van der Waals surface area contributed by atoms with E-state index < -0.39 is 0 Å². The fraction of sp³-hybridized carbons (Fsp3) is 0.0625. The Kier molecular flexibility index (Phi) is 2.88. The van der Waals surface area contributed by atoms with Crippen LogP contribution in [0.15, 0.2) is 54.7 Å². The molecule has 2 aromatic carbocycles. The maximum Gasteiger partial charge on any atom is 0.167 e. The molecule has 0 radical (unpaired) electrons. The molecule has 0 unspecified atom stereocenters. The number of hydrogen-bond donors (Lipinski definition) is 1. The molecule has 0 aliphatic carbocycles. The van der Waals surface area contributed by atoms with E-state index in [9.17, 15) is 9.18 Å². The molecule has 3 aromatic rings. The van der Waals surface area contributed by atoms with Crippen LogP contribution in [0.1, 0.15) is 15.9 Å². The number of aromatic amines is 1. The molecule has 0 aliphatic rings. The molecule has 19 heavy (non-hydrogen) atoms. The lowest BCUT2D eigenvalue weighted by atomic mass is 10.0. The summed E-state index contributed by atoms with van der Waals surface area (Å²) in [6, 6.07) is 13.5. The van der Waals surface area contributed by atoms with Crippen molar-refractivity contribution < 1.29 is 9.18 Å². The van der Waals surface area contributed by atoms with Crippen LogP contribution < -0.4 is 0 Å². The van der Waals surface area contributed by atoms with E-state index in [1.54, 1.807) is 0 Å². The molecule has 0 amide bonds. The van der Waals surface area contributed by atoms with Crippen molar-refractivity contribution in [3.8, 4) is 0 Å². The summed E-state index contributed by atoms with van der Waals surface area (Å²) in [4.78, 5) is 15.2. The van der Waals surface area contributed by atoms with Gasteiger partial charge in [0.05, 0.1) is 0 Å². The highest BCUT2D eigenvalue weighted by atomic mass is 19.1. The Morgan fingerprint density at radius 1 is 1.05 bits per heavy atom. The molecule has 1 N–H and O–H groups in total. The third kappa shape index (κ3) is 2.40. The van der Waals surface area contributed by atoms with Crippen LogP contribution in [0.3, 0.4) is 0 Å². The molecule has 3 rings (SSSR count). The van der Waals surface area contributed by atoms with Crippen LogP contribution in [-0.4, -0.2) is 10.8 Å². The lowest BCUT2D eigenvalue weighted by Gasteiger charge is -2.02. The molecule has 0 saturated carbocycles. The van der Waals surface area contributed by atoms with Crippen LogP contribution in [-0.2, 0) is 6.42 Å². The van der Waals surface area contributed by atoms with E-state index in [-0.39, 0.29) is 11.6 Å². The Labute approximate surface area is 109 Å². The van der Waals surface area contributed by atoms with Crippen molar-refractivity contribution in [1.29, 1.82) is 0 Å². The lowest BCUT2D eigenvalue weighted by molar-refractivity contribution is 0.0993. The normalized spacial score (nSPS) is 10.8. The van der Waals surface area contributed by atoms with Gasteiger partial charge in [0.2, 0.25) is 0 Å². The van der Waals surface area contributed by atoms with Gasteiger partial charge in [-0.1, -0.05) is 6.07 Å². The molecule has 0 bridgehead atoms. The van der Waals surface area contributed by atoms with E-state index in [1.807, 2.05) is 30.5 Å². The zero-order chi connectivity index (χ0) is 13.2. The minimum atomic E-state index is -0.328. The first-order chi connectivity index (χ1) is 9.22. The van der Waals surface area contributed by atoms with E-state index in [0.29, 0.717) is 12.0 Å². The molecule has 0 aliphatic heterocycles. The summed E-state index contributed by atoms with van der Waals surface area (Å²) in [6.45, 7) is 0. The first kappa shape index (κ1) is 11.7. The van der Waals surface area contributed by atoms with Gasteiger partial charge in [-0.15, -0.1) is 0 Å². The maximum absolute atomic E-state index is 12.8. The topological polar surface area (TPSA) is 32.9 Å². The summed E-state index contributed by atoms with van der Waals surface area (Å²) in [7, 11) is 0. The number of ketones is 1. The summed E-state index contributed by atoms with van der Waals surface area (Å²) < 4.78 is 12.8. The van der Waals surface area contributed by atoms with Crippen LogP contribution in [0.2, 0.25) is 0 Å². The lowest BCUT2D eigenvalue weighted by Crippen LogP contribution is -2.03. The predicted molar refractivity (Wildman–Crippen MR) is 72.7 cm³/mol. The largest absolute Gasteiger partial charge is 0.361 e. The number of H-pyrrole nitrogens is 1. The maximum atomic E-state index is 12.8. The van der Waals surface area contributed by atoms with E-state index in [1.165, 1.54) is 24.3 Å². The monoisotopic (exact) mass is 253 g/mol. The van der Waals surface area contributed by atoms with Crippen molar-refractivity contribution >= 4 is 16.7 Å². The Balaban J connectivity index is 1.83.